The first-order valence-electron chi connectivity index (χ1n) is 12.6. The second-order valence-electron chi connectivity index (χ2n) is 9.90. The summed E-state index contributed by atoms with van der Waals surface area (Å²) in [6, 6.07) is 16.1. The van der Waals surface area contributed by atoms with E-state index < -0.39 is 17.6 Å². The Hall–Kier alpha value is -4.17. The van der Waals surface area contributed by atoms with Crippen molar-refractivity contribution in [1.29, 1.82) is 0 Å². The van der Waals surface area contributed by atoms with Crippen molar-refractivity contribution in [2.24, 2.45) is 11.1 Å². The second kappa shape index (κ2) is 10.5. The Morgan fingerprint density at radius 1 is 1.08 bits per heavy atom. The Bertz CT molecular complexity index is 1520. The summed E-state index contributed by atoms with van der Waals surface area (Å²) in [5.41, 5.74) is 8.47. The Kier molecular flexibility index (Phi) is 7.14. The van der Waals surface area contributed by atoms with Crippen LogP contribution in [0.5, 0.6) is 5.75 Å². The minimum absolute atomic E-state index is 0.0190. The van der Waals surface area contributed by atoms with Crippen molar-refractivity contribution in [2.75, 3.05) is 23.9 Å². The summed E-state index contributed by atoms with van der Waals surface area (Å²) in [7, 11) is 1.43. The van der Waals surface area contributed by atoms with Gasteiger partial charge in [-0.05, 0) is 79.1 Å². The van der Waals surface area contributed by atoms with Crippen LogP contribution in [0.3, 0.4) is 0 Å². The largest absolute Gasteiger partial charge is 0.495 e. The number of halogens is 2. The molecule has 2 aliphatic rings. The van der Waals surface area contributed by atoms with Crippen molar-refractivity contribution in [3.63, 3.8) is 0 Å². The number of amides is 3. The van der Waals surface area contributed by atoms with Gasteiger partial charge in [0.1, 0.15) is 11.6 Å². The highest BCUT2D eigenvalue weighted by atomic mass is 35.5. The monoisotopic (exact) mass is 547 g/mol. The number of carbonyl (C=O) groups is 3. The van der Waals surface area contributed by atoms with Crippen LogP contribution in [0, 0.1) is 11.2 Å². The molecule has 0 fully saturated rings. The first kappa shape index (κ1) is 26.4. The summed E-state index contributed by atoms with van der Waals surface area (Å²) in [5.74, 6) is -1.54. The summed E-state index contributed by atoms with van der Waals surface area (Å²) >= 11 is 6.07. The molecule has 0 unspecified atom stereocenters. The molecule has 39 heavy (non-hydrogen) atoms. The van der Waals surface area contributed by atoms with Crippen molar-refractivity contribution in [3.05, 3.63) is 99.8 Å². The maximum absolute atomic E-state index is 13.8. The number of rotatable bonds is 5. The van der Waals surface area contributed by atoms with Crippen LogP contribution in [0.25, 0.3) is 0 Å². The molecular weight excluding hydrogens is 521 g/mol. The van der Waals surface area contributed by atoms with E-state index in [4.69, 9.17) is 22.1 Å². The van der Waals surface area contributed by atoms with Crippen LogP contribution < -0.4 is 20.7 Å². The second-order valence-corrected chi connectivity index (χ2v) is 10.3. The summed E-state index contributed by atoms with van der Waals surface area (Å²) in [5, 5.41) is 2.79. The van der Waals surface area contributed by atoms with Crippen LogP contribution in [-0.4, -0.2) is 31.4 Å². The number of primary amides is 1. The Labute approximate surface area is 230 Å². The van der Waals surface area contributed by atoms with Crippen LogP contribution in [0.15, 0.2) is 72.3 Å². The topological polar surface area (TPSA) is 102 Å². The quantitative estimate of drug-likeness (QED) is 0.439. The van der Waals surface area contributed by atoms with Crippen LogP contribution in [-0.2, 0) is 11.2 Å². The number of benzene rings is 3. The van der Waals surface area contributed by atoms with Crippen LogP contribution in [0.4, 0.5) is 15.8 Å². The van der Waals surface area contributed by atoms with E-state index in [0.29, 0.717) is 42.6 Å². The molecule has 3 aromatic carbocycles. The van der Waals surface area contributed by atoms with Gasteiger partial charge in [0, 0.05) is 23.4 Å². The van der Waals surface area contributed by atoms with Gasteiger partial charge in [0.15, 0.2) is 0 Å². The van der Waals surface area contributed by atoms with E-state index in [1.54, 1.807) is 23.1 Å². The standard InChI is InChI=1S/C30H27ClFN3O4/c1-39-26-14-18(6-9-24(26)34-28(37)22-15-21(32)7-8-23(22)31)29(38)35-13-12-30(11-10-20(17-30)27(33)36)16-19-4-2-3-5-25(19)35/h2-9,14-15,17H,10-13,16H2,1H3,(H2,33,36)(H,34,37)/t30-/m0/s1. The molecule has 200 valence electrons. The zero-order valence-corrected chi connectivity index (χ0v) is 22.1. The summed E-state index contributed by atoms with van der Waals surface area (Å²) < 4.78 is 19.1. The Morgan fingerprint density at radius 2 is 1.87 bits per heavy atom. The van der Waals surface area contributed by atoms with Gasteiger partial charge in [0.2, 0.25) is 5.91 Å². The molecule has 7 nitrogen and oxygen atoms in total. The van der Waals surface area contributed by atoms with E-state index in [1.165, 1.54) is 19.2 Å². The van der Waals surface area contributed by atoms with Gasteiger partial charge in [-0.15, -0.1) is 0 Å². The Balaban J connectivity index is 1.42. The number of nitrogens with two attached hydrogens (primary N) is 1. The van der Waals surface area contributed by atoms with Crippen LogP contribution >= 0.6 is 11.6 Å². The van der Waals surface area contributed by atoms with Crippen molar-refractivity contribution in [2.45, 2.75) is 25.7 Å². The number of fused-ring (bicyclic) bond motifs is 1. The predicted molar refractivity (Wildman–Crippen MR) is 148 cm³/mol. The van der Waals surface area contributed by atoms with E-state index in [9.17, 15) is 18.8 Å². The highest BCUT2D eigenvalue weighted by Crippen LogP contribution is 2.46. The SMILES string of the molecule is COc1cc(C(=O)N2CC[C@]3(C=C(C(N)=O)CC3)Cc3ccccc32)ccc1NC(=O)c1cc(F)ccc1Cl. The maximum atomic E-state index is 13.8. The van der Waals surface area contributed by atoms with Crippen molar-refractivity contribution >= 4 is 40.7 Å². The third-order valence-corrected chi connectivity index (χ3v) is 7.79. The van der Waals surface area contributed by atoms with E-state index in [2.05, 4.69) is 5.32 Å². The molecule has 3 amide bonds. The number of hydrogen-bond acceptors (Lipinski definition) is 4. The molecule has 0 saturated carbocycles. The van der Waals surface area contributed by atoms with E-state index >= 15 is 0 Å². The summed E-state index contributed by atoms with van der Waals surface area (Å²) in [4.78, 5) is 40.2. The lowest BCUT2D eigenvalue weighted by molar-refractivity contribution is -0.114. The minimum atomic E-state index is -0.608. The molecule has 5 rings (SSSR count). The van der Waals surface area contributed by atoms with Gasteiger partial charge >= 0.3 is 0 Å². The fourth-order valence-electron chi connectivity index (χ4n) is 5.43. The minimum Gasteiger partial charge on any atom is -0.495 e. The third-order valence-electron chi connectivity index (χ3n) is 7.46. The van der Waals surface area contributed by atoms with Gasteiger partial charge < -0.3 is 20.7 Å². The predicted octanol–water partition coefficient (Wildman–Crippen LogP) is 5.52. The van der Waals surface area contributed by atoms with Crippen LogP contribution in [0.1, 0.15) is 45.5 Å². The van der Waals surface area contributed by atoms with Gasteiger partial charge in [-0.1, -0.05) is 35.9 Å². The molecule has 9 heteroatoms. The van der Waals surface area contributed by atoms with Gasteiger partial charge in [0.05, 0.1) is 23.4 Å². The lowest BCUT2D eigenvalue weighted by atomic mass is 9.79. The summed E-state index contributed by atoms with van der Waals surface area (Å²) in [6.45, 7) is 0.456. The number of hydrogen-bond donors (Lipinski definition) is 2. The number of nitrogens with one attached hydrogen (secondary N) is 1. The average molecular weight is 548 g/mol. The number of ether oxygens (including phenoxy) is 1. The molecule has 1 heterocycles. The first-order valence-corrected chi connectivity index (χ1v) is 12.9. The van der Waals surface area contributed by atoms with Gasteiger partial charge in [-0.25, -0.2) is 4.39 Å². The number of methoxy groups -OCH3 is 1. The van der Waals surface area contributed by atoms with E-state index in [0.717, 1.165) is 23.7 Å². The highest BCUT2D eigenvalue weighted by molar-refractivity contribution is 6.34. The molecule has 1 aliphatic carbocycles. The molecule has 0 aromatic heterocycles. The number of allylic oxidation sites excluding steroid dienone is 1. The van der Waals surface area contributed by atoms with Gasteiger partial charge in [-0.3, -0.25) is 14.4 Å². The number of nitrogens with zero attached hydrogens (tertiary/aromatic N) is 1. The molecule has 0 saturated heterocycles. The number of carbonyl (C=O) groups excluding carboxylic acids is 3. The maximum Gasteiger partial charge on any atom is 0.258 e. The molecule has 0 bridgehead atoms. The van der Waals surface area contributed by atoms with E-state index in [1.807, 2.05) is 30.3 Å². The molecular formula is C30H27ClFN3O4. The third kappa shape index (κ3) is 5.25. The number of anilines is 2. The first-order chi connectivity index (χ1) is 18.7. The lowest BCUT2D eigenvalue weighted by Crippen LogP contribution is -2.33. The molecule has 1 spiro atoms. The van der Waals surface area contributed by atoms with Crippen LogP contribution in [0.2, 0.25) is 5.02 Å². The molecule has 1 atom stereocenters. The highest BCUT2D eigenvalue weighted by Gasteiger charge is 2.39. The Morgan fingerprint density at radius 3 is 2.62 bits per heavy atom. The zero-order chi connectivity index (χ0) is 27.7. The summed E-state index contributed by atoms with van der Waals surface area (Å²) in [6.07, 6.45) is 4.84. The van der Waals surface area contributed by atoms with Crippen molar-refractivity contribution in [3.8, 4) is 5.75 Å². The molecule has 1 aliphatic heterocycles. The van der Waals surface area contributed by atoms with Gasteiger partial charge in [0.25, 0.3) is 11.8 Å². The normalized spacial score (nSPS) is 18.2. The smallest absolute Gasteiger partial charge is 0.258 e. The lowest BCUT2D eigenvalue weighted by Gasteiger charge is -2.26. The fraction of sp³-hybridized carbons (Fsp3) is 0.233. The molecule has 0 radical (unpaired) electrons. The fourth-order valence-corrected chi connectivity index (χ4v) is 5.63. The molecule has 3 aromatic rings. The molecule has 3 N–H and O–H groups in total. The zero-order valence-electron chi connectivity index (χ0n) is 21.3. The average Bonchev–Trinajstić information content (AvgIpc) is 3.27. The number of para-hydroxylation sites is 1. The van der Waals surface area contributed by atoms with Crippen molar-refractivity contribution < 1.29 is 23.5 Å². The van der Waals surface area contributed by atoms with E-state index in [-0.39, 0.29) is 27.7 Å². The van der Waals surface area contributed by atoms with Crippen molar-refractivity contribution in [1.82, 2.24) is 0 Å². The van der Waals surface area contributed by atoms with Gasteiger partial charge in [-0.2, -0.15) is 0 Å².